The highest BCUT2D eigenvalue weighted by atomic mass is 127. The molecule has 0 atom stereocenters. The van der Waals surface area contributed by atoms with Gasteiger partial charge >= 0.3 is 0 Å². The van der Waals surface area contributed by atoms with Crippen molar-refractivity contribution in [1.29, 1.82) is 0 Å². The van der Waals surface area contributed by atoms with E-state index in [1.807, 2.05) is 18.0 Å². The molecule has 1 aromatic rings. The van der Waals surface area contributed by atoms with Gasteiger partial charge < -0.3 is 24.4 Å². The van der Waals surface area contributed by atoms with E-state index >= 15 is 0 Å². The Hall–Kier alpha value is -1.13. The van der Waals surface area contributed by atoms with Gasteiger partial charge in [-0.2, -0.15) is 0 Å². The Morgan fingerprint density at radius 1 is 1.19 bits per heavy atom. The third kappa shape index (κ3) is 10.7. The van der Waals surface area contributed by atoms with Gasteiger partial charge in [-0.05, 0) is 24.1 Å². The quantitative estimate of drug-likeness (QED) is 0.208. The monoisotopic (exact) mass is 497 g/mol. The third-order valence-electron chi connectivity index (χ3n) is 3.75. The van der Waals surface area contributed by atoms with Gasteiger partial charge in [0, 0.05) is 33.8 Å². The molecule has 0 saturated heterocycles. The van der Waals surface area contributed by atoms with Gasteiger partial charge in [0.25, 0.3) is 0 Å². The fraction of sp³-hybridized carbons (Fsp3) is 0.632. The number of nitrogens with one attached hydrogen (secondary N) is 1. The van der Waals surface area contributed by atoms with Crippen molar-refractivity contribution < 1.29 is 18.6 Å². The van der Waals surface area contributed by atoms with Gasteiger partial charge in [0.05, 0.1) is 26.9 Å². The van der Waals surface area contributed by atoms with Crippen LogP contribution in [0.25, 0.3) is 0 Å². The molecule has 1 N–H and O–H groups in total. The fourth-order valence-corrected chi connectivity index (χ4v) is 2.35. The van der Waals surface area contributed by atoms with Crippen LogP contribution in [0.5, 0.6) is 5.75 Å². The van der Waals surface area contributed by atoms with Crippen LogP contribution in [-0.2, 0) is 16.0 Å². The number of guanidine groups is 1. The summed E-state index contributed by atoms with van der Waals surface area (Å²) in [6, 6.07) is 4.95. The number of ether oxygens (including phenoxy) is 3. The largest absolute Gasteiger partial charge is 0.494 e. The molecule has 0 aliphatic heterocycles. The first-order valence-corrected chi connectivity index (χ1v) is 9.02. The van der Waals surface area contributed by atoms with Crippen molar-refractivity contribution in [3.8, 4) is 5.75 Å². The average Bonchev–Trinajstić information content (AvgIpc) is 2.63. The minimum atomic E-state index is -0.365. The summed E-state index contributed by atoms with van der Waals surface area (Å²) in [7, 11) is 5.07. The van der Waals surface area contributed by atoms with Gasteiger partial charge in [-0.25, -0.2) is 4.39 Å². The zero-order chi connectivity index (χ0) is 19.2. The van der Waals surface area contributed by atoms with Crippen LogP contribution in [0.4, 0.5) is 4.39 Å². The van der Waals surface area contributed by atoms with Crippen molar-refractivity contribution in [3.63, 3.8) is 0 Å². The number of hydrogen-bond acceptors (Lipinski definition) is 4. The second-order valence-electron chi connectivity index (χ2n) is 5.88. The fourth-order valence-electron chi connectivity index (χ4n) is 2.35. The van der Waals surface area contributed by atoms with Crippen LogP contribution in [0.3, 0.4) is 0 Å². The molecular weight excluding hydrogens is 464 g/mol. The lowest BCUT2D eigenvalue weighted by Crippen LogP contribution is -2.40. The van der Waals surface area contributed by atoms with Crippen LogP contribution >= 0.6 is 24.0 Å². The van der Waals surface area contributed by atoms with Crippen LogP contribution < -0.4 is 10.1 Å². The number of nitrogens with zero attached hydrogens (tertiary/aromatic N) is 2. The number of hydrogen-bond donors (Lipinski definition) is 1. The molecular formula is C19H33FIN3O3. The summed E-state index contributed by atoms with van der Waals surface area (Å²) in [5, 5.41) is 3.23. The Morgan fingerprint density at radius 2 is 1.89 bits per heavy atom. The standard InChI is InChI=1S/C19H32FN3O3.HI/c1-5-6-10-25-12-13-26-11-9-22-19(21-2)23(3)15-16-7-8-18(24-4)17(20)14-16;/h7-8,14H,5-6,9-13,15H2,1-4H3,(H,21,22);1H. The number of benzene rings is 1. The summed E-state index contributed by atoms with van der Waals surface area (Å²) in [5.74, 6) is 0.606. The van der Waals surface area contributed by atoms with E-state index in [-0.39, 0.29) is 35.5 Å². The van der Waals surface area contributed by atoms with E-state index in [9.17, 15) is 4.39 Å². The molecule has 27 heavy (non-hydrogen) atoms. The molecule has 6 nitrogen and oxygen atoms in total. The topological polar surface area (TPSA) is 55.3 Å². The molecule has 156 valence electrons. The Balaban J connectivity index is 0.00000676. The molecule has 0 aliphatic carbocycles. The number of rotatable bonds is 12. The summed E-state index contributed by atoms with van der Waals surface area (Å²) in [6.07, 6.45) is 2.23. The maximum absolute atomic E-state index is 13.8. The van der Waals surface area contributed by atoms with E-state index in [1.54, 1.807) is 13.1 Å². The van der Waals surface area contributed by atoms with Crippen LogP contribution in [-0.4, -0.2) is 65.0 Å². The first kappa shape index (κ1) is 25.9. The minimum Gasteiger partial charge on any atom is -0.494 e. The molecule has 0 aliphatic rings. The molecule has 0 bridgehead atoms. The normalized spacial score (nSPS) is 11.1. The molecule has 0 fully saturated rings. The Kier molecular flexibility index (Phi) is 15.2. The van der Waals surface area contributed by atoms with E-state index in [1.165, 1.54) is 13.2 Å². The van der Waals surface area contributed by atoms with Crippen LogP contribution in [0.2, 0.25) is 0 Å². The second kappa shape index (κ2) is 15.9. The molecule has 0 radical (unpaired) electrons. The van der Waals surface area contributed by atoms with Crippen molar-refractivity contribution >= 4 is 29.9 Å². The highest BCUT2D eigenvalue weighted by Gasteiger charge is 2.09. The Bertz CT molecular complexity index is 547. The minimum absolute atomic E-state index is 0. The summed E-state index contributed by atoms with van der Waals surface area (Å²) in [4.78, 5) is 6.17. The summed E-state index contributed by atoms with van der Waals surface area (Å²) in [5.41, 5.74) is 0.842. The zero-order valence-electron chi connectivity index (χ0n) is 16.8. The van der Waals surface area contributed by atoms with Crippen LogP contribution in [0, 0.1) is 5.82 Å². The van der Waals surface area contributed by atoms with E-state index in [2.05, 4.69) is 17.2 Å². The summed E-state index contributed by atoms with van der Waals surface area (Å²) < 4.78 is 29.7. The highest BCUT2D eigenvalue weighted by Crippen LogP contribution is 2.18. The smallest absolute Gasteiger partial charge is 0.193 e. The van der Waals surface area contributed by atoms with Crippen molar-refractivity contribution in [2.45, 2.75) is 26.3 Å². The van der Waals surface area contributed by atoms with E-state index in [4.69, 9.17) is 14.2 Å². The van der Waals surface area contributed by atoms with Crippen LogP contribution in [0.1, 0.15) is 25.3 Å². The molecule has 8 heteroatoms. The molecule has 0 saturated carbocycles. The molecule has 0 heterocycles. The first-order chi connectivity index (χ1) is 12.6. The van der Waals surface area contributed by atoms with Crippen molar-refractivity contribution in [3.05, 3.63) is 29.6 Å². The van der Waals surface area contributed by atoms with Crippen molar-refractivity contribution in [1.82, 2.24) is 10.2 Å². The summed E-state index contributed by atoms with van der Waals surface area (Å²) in [6.45, 7) is 5.89. The van der Waals surface area contributed by atoms with E-state index < -0.39 is 0 Å². The molecule has 1 rings (SSSR count). The van der Waals surface area contributed by atoms with Gasteiger partial charge in [-0.15, -0.1) is 24.0 Å². The van der Waals surface area contributed by atoms with Crippen molar-refractivity contribution in [2.75, 3.05) is 54.2 Å². The lowest BCUT2D eigenvalue weighted by Gasteiger charge is -2.22. The number of aliphatic imine (C=N–C) groups is 1. The van der Waals surface area contributed by atoms with E-state index in [0.717, 1.165) is 31.0 Å². The maximum atomic E-state index is 13.8. The molecule has 0 amide bonds. The zero-order valence-corrected chi connectivity index (χ0v) is 19.1. The van der Waals surface area contributed by atoms with E-state index in [0.29, 0.717) is 32.9 Å². The van der Waals surface area contributed by atoms with Gasteiger partial charge in [0.15, 0.2) is 17.5 Å². The summed E-state index contributed by atoms with van der Waals surface area (Å²) >= 11 is 0. The SMILES string of the molecule is CCCCOCCOCCNC(=NC)N(C)Cc1ccc(OC)c(F)c1.I. The average molecular weight is 497 g/mol. The molecule has 1 aromatic carbocycles. The van der Waals surface area contributed by atoms with Gasteiger partial charge in [-0.3, -0.25) is 4.99 Å². The number of unbranched alkanes of at least 4 members (excludes halogenated alkanes) is 1. The van der Waals surface area contributed by atoms with Gasteiger partial charge in [0.1, 0.15) is 0 Å². The molecule has 0 unspecified atom stereocenters. The number of halogens is 2. The molecule has 0 spiro atoms. The van der Waals surface area contributed by atoms with Gasteiger partial charge in [0.2, 0.25) is 0 Å². The lowest BCUT2D eigenvalue weighted by atomic mass is 10.2. The Labute approximate surface area is 179 Å². The van der Waals surface area contributed by atoms with Crippen molar-refractivity contribution in [2.24, 2.45) is 4.99 Å². The van der Waals surface area contributed by atoms with Crippen LogP contribution in [0.15, 0.2) is 23.2 Å². The van der Waals surface area contributed by atoms with Gasteiger partial charge in [-0.1, -0.05) is 19.4 Å². The Morgan fingerprint density at radius 3 is 2.48 bits per heavy atom. The predicted molar refractivity (Wildman–Crippen MR) is 118 cm³/mol. The third-order valence-corrected chi connectivity index (χ3v) is 3.75. The lowest BCUT2D eigenvalue weighted by molar-refractivity contribution is 0.0486. The first-order valence-electron chi connectivity index (χ1n) is 9.02. The second-order valence-corrected chi connectivity index (χ2v) is 5.88. The molecule has 0 aromatic heterocycles. The highest BCUT2D eigenvalue weighted by molar-refractivity contribution is 14.0. The maximum Gasteiger partial charge on any atom is 0.193 e. The predicted octanol–water partition coefficient (Wildman–Crippen LogP) is 3.29. The number of methoxy groups -OCH3 is 1.